The molecule has 1 aromatic carbocycles. The number of rotatable bonds is 7. The molecule has 0 radical (unpaired) electrons. The molecule has 0 aliphatic heterocycles. The first-order chi connectivity index (χ1) is 10.0. The quantitative estimate of drug-likeness (QED) is 0.459. The van der Waals surface area contributed by atoms with Crippen LogP contribution in [-0.2, 0) is 11.2 Å². The van der Waals surface area contributed by atoms with Crippen molar-refractivity contribution in [3.05, 3.63) is 47.4 Å². The first-order valence-electron chi connectivity index (χ1n) is 6.89. The smallest absolute Gasteiger partial charge is 0.263 e. The average Bonchev–Trinajstić information content (AvgIpc) is 2.45. The molecule has 112 valence electrons. The second kappa shape index (κ2) is 8.75. The molecule has 1 amide bonds. The van der Waals surface area contributed by atoms with E-state index in [1.807, 2.05) is 26.0 Å². The Kier molecular flexibility index (Phi) is 6.96. The van der Waals surface area contributed by atoms with E-state index in [4.69, 9.17) is 5.26 Å². The molecule has 0 aliphatic rings. The molecular formula is C16H20FN3O. The molecule has 0 aliphatic carbocycles. The summed E-state index contributed by atoms with van der Waals surface area (Å²) >= 11 is 0. The summed E-state index contributed by atoms with van der Waals surface area (Å²) in [6.07, 6.45) is 2.01. The Morgan fingerprint density at radius 3 is 2.86 bits per heavy atom. The van der Waals surface area contributed by atoms with E-state index in [0.29, 0.717) is 25.4 Å². The van der Waals surface area contributed by atoms with Crippen LogP contribution in [0.4, 0.5) is 4.39 Å². The molecule has 0 heterocycles. The number of amides is 1. The van der Waals surface area contributed by atoms with Crippen molar-refractivity contribution in [2.75, 3.05) is 13.1 Å². The van der Waals surface area contributed by atoms with Crippen LogP contribution in [0, 0.1) is 23.1 Å². The zero-order chi connectivity index (χ0) is 15.7. The van der Waals surface area contributed by atoms with E-state index in [0.717, 1.165) is 5.56 Å². The van der Waals surface area contributed by atoms with Crippen molar-refractivity contribution in [3.63, 3.8) is 0 Å². The summed E-state index contributed by atoms with van der Waals surface area (Å²) in [5.74, 6) is -0.326. The highest BCUT2D eigenvalue weighted by molar-refractivity contribution is 5.97. The van der Waals surface area contributed by atoms with Crippen molar-refractivity contribution in [1.82, 2.24) is 10.6 Å². The van der Waals surface area contributed by atoms with Crippen LogP contribution in [0.15, 0.2) is 36.0 Å². The Bertz CT molecular complexity index is 547. The van der Waals surface area contributed by atoms with Gasteiger partial charge in [-0.25, -0.2) is 4.39 Å². The maximum atomic E-state index is 13.0. The molecule has 0 saturated heterocycles. The van der Waals surface area contributed by atoms with E-state index in [1.54, 1.807) is 6.07 Å². The van der Waals surface area contributed by atoms with Gasteiger partial charge in [0, 0.05) is 19.3 Å². The summed E-state index contributed by atoms with van der Waals surface area (Å²) in [5.41, 5.74) is 0.897. The summed E-state index contributed by atoms with van der Waals surface area (Å²) < 4.78 is 13.0. The van der Waals surface area contributed by atoms with E-state index in [-0.39, 0.29) is 17.3 Å². The number of hydrogen-bond acceptors (Lipinski definition) is 3. The second-order valence-electron chi connectivity index (χ2n) is 5.11. The summed E-state index contributed by atoms with van der Waals surface area (Å²) in [4.78, 5) is 11.7. The summed E-state index contributed by atoms with van der Waals surface area (Å²) in [6.45, 7) is 5.01. The lowest BCUT2D eigenvalue weighted by atomic mass is 10.1. The van der Waals surface area contributed by atoms with Gasteiger partial charge in [0.2, 0.25) is 0 Å². The minimum atomic E-state index is -0.385. The van der Waals surface area contributed by atoms with Crippen LogP contribution in [0.2, 0.25) is 0 Å². The number of carbonyl (C=O) groups is 1. The molecular weight excluding hydrogens is 269 g/mol. The van der Waals surface area contributed by atoms with Crippen LogP contribution in [-0.4, -0.2) is 19.0 Å². The van der Waals surface area contributed by atoms with Gasteiger partial charge in [0.25, 0.3) is 5.91 Å². The monoisotopic (exact) mass is 289 g/mol. The second-order valence-corrected chi connectivity index (χ2v) is 5.11. The number of nitriles is 1. The largest absolute Gasteiger partial charge is 0.389 e. The van der Waals surface area contributed by atoms with E-state index in [1.165, 1.54) is 18.3 Å². The van der Waals surface area contributed by atoms with E-state index in [2.05, 4.69) is 10.6 Å². The Balaban J connectivity index is 2.43. The molecule has 21 heavy (non-hydrogen) atoms. The fourth-order valence-corrected chi connectivity index (χ4v) is 1.62. The van der Waals surface area contributed by atoms with Gasteiger partial charge in [-0.2, -0.15) is 5.26 Å². The zero-order valence-electron chi connectivity index (χ0n) is 12.3. The lowest BCUT2D eigenvalue weighted by molar-refractivity contribution is -0.117. The Hall–Kier alpha value is -2.35. The van der Waals surface area contributed by atoms with Crippen molar-refractivity contribution in [2.24, 2.45) is 5.92 Å². The van der Waals surface area contributed by atoms with Gasteiger partial charge < -0.3 is 10.6 Å². The lowest BCUT2D eigenvalue weighted by Crippen LogP contribution is -2.29. The van der Waals surface area contributed by atoms with Crippen LogP contribution >= 0.6 is 0 Å². The lowest BCUT2D eigenvalue weighted by Gasteiger charge is -2.07. The first kappa shape index (κ1) is 16.7. The molecule has 0 aromatic heterocycles. The van der Waals surface area contributed by atoms with E-state index < -0.39 is 0 Å². The molecule has 0 saturated carbocycles. The SMILES string of the molecule is CC(C)CNC(=O)/C(C#N)=C\NCCc1cccc(F)c1. The topological polar surface area (TPSA) is 64.9 Å². The minimum absolute atomic E-state index is 0.0369. The van der Waals surface area contributed by atoms with Crippen molar-refractivity contribution >= 4 is 5.91 Å². The fourth-order valence-electron chi connectivity index (χ4n) is 1.62. The Labute approximate surface area is 124 Å². The van der Waals surface area contributed by atoms with Crippen molar-refractivity contribution in [1.29, 1.82) is 5.26 Å². The van der Waals surface area contributed by atoms with Crippen molar-refractivity contribution in [3.8, 4) is 6.07 Å². The first-order valence-corrected chi connectivity index (χ1v) is 6.89. The standard InChI is InChI=1S/C16H20FN3O/c1-12(2)10-20-16(21)14(9-18)11-19-7-6-13-4-3-5-15(17)8-13/h3-5,8,11-12,19H,6-7,10H2,1-2H3,(H,20,21)/b14-11-. The van der Waals surface area contributed by atoms with Crippen molar-refractivity contribution in [2.45, 2.75) is 20.3 Å². The molecule has 4 nitrogen and oxygen atoms in total. The predicted octanol–water partition coefficient (Wildman–Crippen LogP) is 2.14. The van der Waals surface area contributed by atoms with Gasteiger partial charge in [0.15, 0.2) is 0 Å². The van der Waals surface area contributed by atoms with Gasteiger partial charge in [0.05, 0.1) is 0 Å². The number of nitrogens with zero attached hydrogens (tertiary/aromatic N) is 1. The predicted molar refractivity (Wildman–Crippen MR) is 79.7 cm³/mol. The van der Waals surface area contributed by atoms with E-state index >= 15 is 0 Å². The minimum Gasteiger partial charge on any atom is -0.389 e. The molecule has 0 atom stereocenters. The number of nitrogens with one attached hydrogen (secondary N) is 2. The van der Waals surface area contributed by atoms with Gasteiger partial charge in [-0.1, -0.05) is 26.0 Å². The normalized spacial score (nSPS) is 11.1. The summed E-state index contributed by atoms with van der Waals surface area (Å²) in [6, 6.07) is 8.20. The van der Waals surface area contributed by atoms with Gasteiger partial charge >= 0.3 is 0 Å². The van der Waals surface area contributed by atoms with Gasteiger partial charge in [-0.3, -0.25) is 4.79 Å². The molecule has 0 bridgehead atoms. The van der Waals surface area contributed by atoms with Crippen LogP contribution in [0.3, 0.4) is 0 Å². The average molecular weight is 289 g/mol. The molecule has 0 unspecified atom stereocenters. The number of hydrogen-bond donors (Lipinski definition) is 2. The van der Waals surface area contributed by atoms with Crippen LogP contribution in [0.25, 0.3) is 0 Å². The third-order valence-electron chi connectivity index (χ3n) is 2.73. The molecule has 0 fully saturated rings. The van der Waals surface area contributed by atoms with Crippen LogP contribution in [0.1, 0.15) is 19.4 Å². The van der Waals surface area contributed by atoms with Crippen LogP contribution < -0.4 is 10.6 Å². The maximum Gasteiger partial charge on any atom is 0.263 e. The molecule has 1 aromatic rings. The number of carbonyl (C=O) groups excluding carboxylic acids is 1. The summed E-state index contributed by atoms with van der Waals surface area (Å²) in [5, 5.41) is 14.5. The molecule has 5 heteroatoms. The highest BCUT2D eigenvalue weighted by Crippen LogP contribution is 2.03. The Morgan fingerprint density at radius 2 is 2.24 bits per heavy atom. The zero-order valence-corrected chi connectivity index (χ0v) is 12.3. The maximum absolute atomic E-state index is 13.0. The van der Waals surface area contributed by atoms with Crippen LogP contribution in [0.5, 0.6) is 0 Å². The third-order valence-corrected chi connectivity index (χ3v) is 2.73. The number of benzene rings is 1. The number of halogens is 1. The Morgan fingerprint density at radius 1 is 1.48 bits per heavy atom. The molecule has 2 N–H and O–H groups in total. The molecule has 1 rings (SSSR count). The highest BCUT2D eigenvalue weighted by atomic mass is 19.1. The van der Waals surface area contributed by atoms with Gasteiger partial charge in [0.1, 0.15) is 17.5 Å². The fraction of sp³-hybridized carbons (Fsp3) is 0.375. The third kappa shape index (κ3) is 6.57. The highest BCUT2D eigenvalue weighted by Gasteiger charge is 2.08. The van der Waals surface area contributed by atoms with E-state index in [9.17, 15) is 9.18 Å². The summed E-state index contributed by atoms with van der Waals surface area (Å²) in [7, 11) is 0. The van der Waals surface area contributed by atoms with Gasteiger partial charge in [-0.15, -0.1) is 0 Å². The van der Waals surface area contributed by atoms with Crippen molar-refractivity contribution < 1.29 is 9.18 Å². The molecule has 0 spiro atoms. The van der Waals surface area contributed by atoms with Gasteiger partial charge in [-0.05, 0) is 30.0 Å².